The number of hydrogen-bond donors (Lipinski definition) is 2. The van der Waals surface area contributed by atoms with Gasteiger partial charge in [-0.3, -0.25) is 9.59 Å². The lowest BCUT2D eigenvalue weighted by Crippen LogP contribution is -2.35. The topological polar surface area (TPSA) is 93.7 Å². The van der Waals surface area contributed by atoms with Crippen LogP contribution in [0.4, 0.5) is 11.4 Å². The van der Waals surface area contributed by atoms with E-state index in [1.165, 1.54) is 13.8 Å². The highest BCUT2D eigenvalue weighted by molar-refractivity contribution is 5.95. The number of ether oxygens (including phenoxy) is 2. The van der Waals surface area contributed by atoms with Crippen LogP contribution < -0.4 is 15.4 Å². The van der Waals surface area contributed by atoms with E-state index in [0.29, 0.717) is 17.1 Å². The minimum atomic E-state index is -1.00. The molecule has 2 N–H and O–H groups in total. The van der Waals surface area contributed by atoms with Gasteiger partial charge in [-0.25, -0.2) is 4.79 Å². The fraction of sp³-hybridized carbons (Fsp3) is 0.375. The Hall–Kier alpha value is -3.35. The van der Waals surface area contributed by atoms with Gasteiger partial charge in [-0.15, -0.1) is 0 Å². The van der Waals surface area contributed by atoms with Crippen LogP contribution in [0.15, 0.2) is 48.5 Å². The van der Waals surface area contributed by atoms with Crippen molar-refractivity contribution in [2.45, 2.75) is 59.2 Å². The molecule has 0 aliphatic heterocycles. The molecule has 0 bridgehead atoms. The number of anilines is 2. The maximum Gasteiger partial charge on any atom is 0.347 e. The van der Waals surface area contributed by atoms with Crippen LogP contribution in [-0.2, 0) is 24.5 Å². The zero-order chi connectivity index (χ0) is 23.2. The molecule has 31 heavy (non-hydrogen) atoms. The maximum absolute atomic E-state index is 12.3. The summed E-state index contributed by atoms with van der Waals surface area (Å²) in [5, 5.41) is 5.31. The lowest BCUT2D eigenvalue weighted by molar-refractivity contribution is -0.159. The fourth-order valence-electron chi connectivity index (χ4n) is 2.69. The highest BCUT2D eigenvalue weighted by atomic mass is 16.6. The lowest BCUT2D eigenvalue weighted by atomic mass is 9.87. The second kappa shape index (κ2) is 10.1. The predicted octanol–water partition coefficient (Wildman–Crippen LogP) is 4.28. The van der Waals surface area contributed by atoms with Crippen LogP contribution >= 0.6 is 0 Å². The van der Waals surface area contributed by atoms with E-state index in [-0.39, 0.29) is 11.3 Å². The van der Waals surface area contributed by atoms with Crippen molar-refractivity contribution >= 4 is 29.2 Å². The molecule has 7 heteroatoms. The zero-order valence-electron chi connectivity index (χ0n) is 18.8. The van der Waals surface area contributed by atoms with Crippen LogP contribution in [-0.4, -0.2) is 30.0 Å². The molecule has 0 radical (unpaired) electrons. The summed E-state index contributed by atoms with van der Waals surface area (Å²) in [5.74, 6) is -0.737. The molecular weight excluding hydrogens is 396 g/mol. The minimum Gasteiger partial charge on any atom is -0.479 e. The van der Waals surface area contributed by atoms with Gasteiger partial charge < -0.3 is 20.1 Å². The molecule has 7 nitrogen and oxygen atoms in total. The summed E-state index contributed by atoms with van der Waals surface area (Å²) in [6.07, 6.45) is -1.87. The molecule has 2 atom stereocenters. The Morgan fingerprint density at radius 1 is 0.806 bits per heavy atom. The molecule has 0 saturated heterocycles. The summed E-state index contributed by atoms with van der Waals surface area (Å²) in [6.45, 7) is 10.8. The Morgan fingerprint density at radius 3 is 1.81 bits per heavy atom. The van der Waals surface area contributed by atoms with Crippen LogP contribution in [0.5, 0.6) is 5.75 Å². The molecular formula is C24H30N2O5. The van der Waals surface area contributed by atoms with Crippen LogP contribution in [0.3, 0.4) is 0 Å². The van der Waals surface area contributed by atoms with Gasteiger partial charge in [-0.05, 0) is 61.2 Å². The first-order valence-electron chi connectivity index (χ1n) is 10.1. The molecule has 2 aromatic rings. The third-order valence-electron chi connectivity index (χ3n) is 4.50. The molecule has 0 aliphatic carbocycles. The number of benzene rings is 2. The van der Waals surface area contributed by atoms with E-state index in [0.717, 1.165) is 5.56 Å². The molecule has 0 unspecified atom stereocenters. The first kappa shape index (κ1) is 23.9. The van der Waals surface area contributed by atoms with Crippen LogP contribution in [0, 0.1) is 0 Å². The smallest absolute Gasteiger partial charge is 0.347 e. The Morgan fingerprint density at radius 2 is 1.32 bits per heavy atom. The minimum absolute atomic E-state index is 0.0239. The van der Waals surface area contributed by atoms with Crippen molar-refractivity contribution in [3.63, 3.8) is 0 Å². The van der Waals surface area contributed by atoms with Gasteiger partial charge in [0.05, 0.1) is 0 Å². The van der Waals surface area contributed by atoms with Crippen molar-refractivity contribution in [2.75, 3.05) is 10.6 Å². The maximum atomic E-state index is 12.3. The first-order chi connectivity index (χ1) is 14.5. The number of carbonyl (C=O) groups excluding carboxylic acids is 3. The quantitative estimate of drug-likeness (QED) is 0.645. The first-order valence-corrected chi connectivity index (χ1v) is 10.1. The summed E-state index contributed by atoms with van der Waals surface area (Å²) in [7, 11) is 0. The largest absolute Gasteiger partial charge is 0.479 e. The van der Waals surface area contributed by atoms with Crippen LogP contribution in [0.1, 0.15) is 47.1 Å². The normalized spacial score (nSPS) is 13.0. The molecule has 0 saturated carbocycles. The number of nitrogens with one attached hydrogen (secondary N) is 2. The highest BCUT2D eigenvalue weighted by Crippen LogP contribution is 2.24. The Bertz CT molecular complexity index is 914. The monoisotopic (exact) mass is 426 g/mol. The third kappa shape index (κ3) is 7.44. The molecule has 2 rings (SSSR count). The number of esters is 1. The number of rotatable bonds is 7. The van der Waals surface area contributed by atoms with E-state index in [1.54, 1.807) is 31.2 Å². The second-order valence-corrected chi connectivity index (χ2v) is 8.36. The van der Waals surface area contributed by atoms with Gasteiger partial charge in [0.2, 0.25) is 5.91 Å². The summed E-state index contributed by atoms with van der Waals surface area (Å²) >= 11 is 0. The molecule has 0 spiro atoms. The van der Waals surface area contributed by atoms with Gasteiger partial charge in [0, 0.05) is 18.3 Å². The third-order valence-corrected chi connectivity index (χ3v) is 4.50. The Balaban J connectivity index is 1.87. The van der Waals surface area contributed by atoms with Gasteiger partial charge in [-0.1, -0.05) is 32.9 Å². The van der Waals surface area contributed by atoms with E-state index in [9.17, 15) is 14.4 Å². The molecule has 166 valence electrons. The number of hydrogen-bond acceptors (Lipinski definition) is 5. The van der Waals surface area contributed by atoms with Gasteiger partial charge in [0.15, 0.2) is 12.2 Å². The SMILES string of the molecule is CC(=O)Nc1ccc(NC(=O)[C@@H](C)OC(=O)[C@@H](C)Oc2ccc(C(C)(C)C)cc2)cc1. The summed E-state index contributed by atoms with van der Waals surface area (Å²) in [4.78, 5) is 35.7. The second-order valence-electron chi connectivity index (χ2n) is 8.36. The van der Waals surface area contributed by atoms with Crippen molar-refractivity contribution in [1.82, 2.24) is 0 Å². The van der Waals surface area contributed by atoms with Gasteiger partial charge in [0.1, 0.15) is 5.75 Å². The van der Waals surface area contributed by atoms with Crippen LogP contribution in [0.2, 0.25) is 0 Å². The number of carbonyl (C=O) groups is 3. The fourth-order valence-corrected chi connectivity index (χ4v) is 2.69. The van der Waals surface area contributed by atoms with E-state index in [4.69, 9.17) is 9.47 Å². The lowest BCUT2D eigenvalue weighted by Gasteiger charge is -2.20. The van der Waals surface area contributed by atoms with E-state index < -0.39 is 24.1 Å². The molecule has 0 aromatic heterocycles. The van der Waals surface area contributed by atoms with Crippen molar-refractivity contribution in [3.05, 3.63) is 54.1 Å². The Labute approximate surface area is 183 Å². The van der Waals surface area contributed by atoms with Crippen LogP contribution in [0.25, 0.3) is 0 Å². The summed E-state index contributed by atoms with van der Waals surface area (Å²) in [6, 6.07) is 14.1. The zero-order valence-corrected chi connectivity index (χ0v) is 18.8. The number of amides is 2. The standard InChI is InChI=1S/C24H30N2O5/c1-15(22(28)26-20-11-9-19(10-12-20)25-17(3)27)31-23(29)16(2)30-21-13-7-18(8-14-21)24(4,5)6/h7-16H,1-6H3,(H,25,27)(H,26,28)/t15-,16-/m1/s1. The van der Waals surface area contributed by atoms with E-state index in [1.807, 2.05) is 24.3 Å². The van der Waals surface area contributed by atoms with Gasteiger partial charge in [-0.2, -0.15) is 0 Å². The molecule has 0 heterocycles. The van der Waals surface area contributed by atoms with Crippen molar-refractivity contribution in [3.8, 4) is 5.75 Å². The highest BCUT2D eigenvalue weighted by Gasteiger charge is 2.23. The summed E-state index contributed by atoms with van der Waals surface area (Å²) in [5.41, 5.74) is 2.32. The predicted molar refractivity (Wildman–Crippen MR) is 120 cm³/mol. The van der Waals surface area contributed by atoms with Crippen molar-refractivity contribution in [1.29, 1.82) is 0 Å². The summed E-state index contributed by atoms with van der Waals surface area (Å²) < 4.78 is 10.9. The van der Waals surface area contributed by atoms with Crippen molar-refractivity contribution < 1.29 is 23.9 Å². The molecule has 0 fully saturated rings. The van der Waals surface area contributed by atoms with E-state index >= 15 is 0 Å². The average molecular weight is 427 g/mol. The molecule has 2 aromatic carbocycles. The van der Waals surface area contributed by atoms with E-state index in [2.05, 4.69) is 31.4 Å². The molecule has 2 amide bonds. The molecule has 0 aliphatic rings. The van der Waals surface area contributed by atoms with Gasteiger partial charge >= 0.3 is 5.97 Å². The average Bonchev–Trinajstić information content (AvgIpc) is 2.68. The Kier molecular flexibility index (Phi) is 7.80. The van der Waals surface area contributed by atoms with Crippen molar-refractivity contribution in [2.24, 2.45) is 0 Å². The van der Waals surface area contributed by atoms with Gasteiger partial charge in [0.25, 0.3) is 5.91 Å².